The normalized spacial score (nSPS) is 20.6. The van der Waals surface area contributed by atoms with Crippen molar-refractivity contribution in [2.75, 3.05) is 67.1 Å². The van der Waals surface area contributed by atoms with Crippen LogP contribution in [0.4, 0.5) is 17.1 Å². The number of aromatic nitrogens is 8. The Morgan fingerprint density at radius 2 is 0.825 bits per heavy atom. The first-order valence-electron chi connectivity index (χ1n) is 35.3. The quantitative estimate of drug-likeness (QED) is 0.131. The molecule has 8 aromatic rings. The van der Waals surface area contributed by atoms with Gasteiger partial charge in [0, 0.05) is 198 Å². The average molecular weight is 1510 g/mol. The molecule has 103 heavy (non-hydrogen) atoms. The molecule has 3 radical (unpaired) electrons. The van der Waals surface area contributed by atoms with Crippen LogP contribution in [0, 0.1) is 21.7 Å². The van der Waals surface area contributed by atoms with Crippen molar-refractivity contribution in [3.8, 4) is 0 Å². The standard InChI is InChI=1S/C20H28N4OS.C20H26N4OS.C16H17N3O.C8H5ClN2.C8H13NO.C4H11NOS.B.ClH.Na.H/c2*1-19(2,3)26(25)23-15-12-20(13-15)6-10-24(11-7-20)18-5-9-22-17-4-8-21-14-16(17)18;20-12-9-16(10-12)3-7-19(8-4-16)15-2-6-18-14-1-5-17-11-13(14)15;9-7-1-4-11-8-2-3-10-5-6(7)8;10-7-5-8(6-7)1-3-9-4-2-8;1-4(2,3)7(5)6;;;;/h4-5,8-9,14-15,23H,6-7,10-13H2,1-3H3;4-5,8-9,14H,6-7,10-13H2,1-3H3;1-2,5-6,11H,3-4,7-10H2;1-5H;9H,1-6H2;5H2,1-3H3;;1H;;/q;;;;;;;;+1;-1. The fourth-order valence-corrected chi connectivity index (χ4v) is 16.6. The number of nitrogens with two attached hydrogens (primary N) is 1. The number of hydrogen-bond donors (Lipinski definition) is 3. The number of nitrogens with one attached hydrogen (secondary N) is 2. The number of rotatable bonds is 6. The van der Waals surface area contributed by atoms with Crippen molar-refractivity contribution in [2.24, 2.45) is 31.2 Å². The van der Waals surface area contributed by atoms with E-state index in [0.717, 1.165) is 179 Å². The molecule has 20 nitrogen and oxygen atoms in total. The van der Waals surface area contributed by atoms with Crippen molar-refractivity contribution in [2.45, 2.75) is 185 Å². The molecule has 4 N–H and O–H groups in total. The Morgan fingerprint density at radius 1 is 0.495 bits per heavy atom. The molecule has 27 heteroatoms. The summed E-state index contributed by atoms with van der Waals surface area (Å²) < 4.78 is 41.9. The fraction of sp³-hybridized carbons (Fsp3) is 0.539. The van der Waals surface area contributed by atoms with Gasteiger partial charge in [-0.2, -0.15) is 4.40 Å². The molecule has 8 fully saturated rings. The molecule has 8 aromatic heterocycles. The number of fused-ring (bicyclic) bond motifs is 4. The Balaban J connectivity index is 0.000000182. The van der Waals surface area contributed by atoms with Crippen molar-refractivity contribution < 1.29 is 53.2 Å². The molecule has 0 bridgehead atoms. The third-order valence-corrected chi connectivity index (χ3v) is 25.9. The van der Waals surface area contributed by atoms with E-state index in [-0.39, 0.29) is 66.0 Å². The van der Waals surface area contributed by atoms with Gasteiger partial charge in [0.1, 0.15) is 22.6 Å². The molecule has 4 spiro atoms. The molecule has 547 valence electrons. The molecule has 16 rings (SSSR count). The molecule has 8 aliphatic rings. The number of piperidine rings is 4. The van der Waals surface area contributed by atoms with Gasteiger partial charge in [-0.1, -0.05) is 11.6 Å². The number of carbonyl (C=O) groups is 2. The van der Waals surface area contributed by atoms with Crippen molar-refractivity contribution in [3.63, 3.8) is 0 Å². The van der Waals surface area contributed by atoms with Crippen LogP contribution in [0.15, 0.2) is 127 Å². The maximum Gasteiger partial charge on any atom is 1.00 e. The summed E-state index contributed by atoms with van der Waals surface area (Å²) in [6, 6.07) is 16.2. The van der Waals surface area contributed by atoms with Crippen molar-refractivity contribution in [1.82, 2.24) is 49.9 Å². The zero-order valence-electron chi connectivity index (χ0n) is 62.7. The van der Waals surface area contributed by atoms with E-state index in [1.54, 1.807) is 43.2 Å². The maximum absolute atomic E-state index is 12.3. The molecule has 3 atom stereocenters. The molecule has 4 saturated heterocycles. The summed E-state index contributed by atoms with van der Waals surface area (Å²) in [5.74, 6) is 0.916. The molecular formula is C76H102BCl2N15NaO5S3. The first kappa shape index (κ1) is 83.3. The summed E-state index contributed by atoms with van der Waals surface area (Å²) in [6.45, 7) is 26.1. The predicted molar refractivity (Wildman–Crippen MR) is 423 cm³/mol. The van der Waals surface area contributed by atoms with Gasteiger partial charge < -0.3 is 21.4 Å². The number of anilines is 3. The van der Waals surface area contributed by atoms with Crippen LogP contribution in [0.5, 0.6) is 0 Å². The maximum atomic E-state index is 12.3. The molecule has 4 aliphatic carbocycles. The largest absolute Gasteiger partial charge is 1.00 e. The van der Waals surface area contributed by atoms with Crippen LogP contribution >= 0.6 is 24.0 Å². The van der Waals surface area contributed by atoms with Crippen molar-refractivity contribution in [3.05, 3.63) is 128 Å². The van der Waals surface area contributed by atoms with E-state index >= 15 is 0 Å². The minimum absolute atomic E-state index is 0. The topological polar surface area (TPSA) is 261 Å². The summed E-state index contributed by atoms with van der Waals surface area (Å²) in [6.07, 6.45) is 39.0. The van der Waals surface area contributed by atoms with Gasteiger partial charge in [0.15, 0.2) is 0 Å². The minimum atomic E-state index is -1.18. The van der Waals surface area contributed by atoms with Crippen LogP contribution in [0.3, 0.4) is 0 Å². The molecule has 0 amide bonds. The zero-order valence-corrected chi connectivity index (χ0v) is 67.7. The summed E-state index contributed by atoms with van der Waals surface area (Å²) in [4.78, 5) is 63.5. The molecule has 4 aliphatic heterocycles. The molecular weight excluding hydrogens is 1400 g/mol. The number of halogens is 2. The second-order valence-electron chi connectivity index (χ2n) is 31.7. The summed E-state index contributed by atoms with van der Waals surface area (Å²) in [7, 11) is -3.27. The summed E-state index contributed by atoms with van der Waals surface area (Å²) >= 11 is 5.88. The first-order valence-corrected chi connectivity index (χ1v) is 39.2. The smallest absolute Gasteiger partial charge is 1.00 e. The monoisotopic (exact) mass is 1500 g/mol. The Labute approximate surface area is 652 Å². The van der Waals surface area contributed by atoms with Crippen molar-refractivity contribution in [1.29, 1.82) is 0 Å². The predicted octanol–water partition coefficient (Wildman–Crippen LogP) is 10.5. The Morgan fingerprint density at radius 3 is 1.17 bits per heavy atom. The van der Waals surface area contributed by atoms with Gasteiger partial charge in [0.05, 0.1) is 63.3 Å². The van der Waals surface area contributed by atoms with Gasteiger partial charge in [-0.15, -0.1) is 12.4 Å². The van der Waals surface area contributed by atoms with Crippen LogP contribution in [0.2, 0.25) is 5.02 Å². The van der Waals surface area contributed by atoms with Gasteiger partial charge in [-0.05, 0) is 223 Å². The number of pyridine rings is 8. The van der Waals surface area contributed by atoms with Crippen LogP contribution < -0.4 is 59.4 Å². The van der Waals surface area contributed by atoms with Crippen LogP contribution in [-0.4, -0.2) is 151 Å². The first-order chi connectivity index (χ1) is 47.6. The number of carbonyl (C=O) groups excluding carboxylic acids is 2. The Bertz CT molecular complexity index is 4270. The molecule has 3 unspecified atom stereocenters. The van der Waals surface area contributed by atoms with E-state index < -0.39 is 33.0 Å². The fourth-order valence-electron chi connectivity index (χ4n) is 14.9. The van der Waals surface area contributed by atoms with Crippen LogP contribution in [-0.2, 0) is 42.5 Å². The number of hydrogen-bond acceptors (Lipinski definition) is 17. The SMILES string of the molecule is CC(C)(C)S(=O)N=C1CC2(CCN(c3ccnc4ccncc34)CC2)C1.CC(C)(C)S(=O)NC1CC2(CCN(c3ccnc4ccncc34)CC2)C1.CC(C)(C)S(N)=O.Cl.Clc1ccnc2ccncc12.O=C1CC2(CCN(c3ccnc4ccncc34)CC2)C1.O=C1CC2(CCNCC2)C1.[B].[H-].[Na+]. The van der Waals surface area contributed by atoms with Gasteiger partial charge in [-0.25, -0.2) is 17.3 Å². The van der Waals surface area contributed by atoms with E-state index in [1.807, 2.05) is 124 Å². The second kappa shape index (κ2) is 35.6. The third-order valence-electron chi connectivity index (χ3n) is 21.2. The Kier molecular flexibility index (Phi) is 28.7. The number of Topliss-reactive ketones (excluding diaryl/α,β-unsaturated/α-hetero) is 2. The number of nitrogens with zero attached hydrogens (tertiary/aromatic N) is 12. The number of ketones is 2. The van der Waals surface area contributed by atoms with E-state index in [2.05, 4.69) is 87.2 Å². The van der Waals surface area contributed by atoms with Crippen LogP contribution in [0.25, 0.3) is 43.6 Å². The van der Waals surface area contributed by atoms with E-state index in [9.17, 15) is 22.2 Å². The van der Waals surface area contributed by atoms with Gasteiger partial charge in [0.25, 0.3) is 0 Å². The Hall–Kier alpha value is -5.38. The van der Waals surface area contributed by atoms with Gasteiger partial charge in [-0.3, -0.25) is 54.6 Å². The van der Waals surface area contributed by atoms with Gasteiger partial charge >= 0.3 is 29.6 Å². The average Bonchev–Trinajstić information content (AvgIpc) is 0.771. The van der Waals surface area contributed by atoms with Gasteiger partial charge in [0.2, 0.25) is 0 Å². The second-order valence-corrected chi connectivity index (χ2v) is 37.9. The summed E-state index contributed by atoms with van der Waals surface area (Å²) in [5, 5.41) is 13.3. The zero-order chi connectivity index (χ0) is 71.1. The van der Waals surface area contributed by atoms with E-state index in [0.29, 0.717) is 44.3 Å². The third kappa shape index (κ3) is 21.1. The minimum Gasteiger partial charge on any atom is -1.00 e. The van der Waals surface area contributed by atoms with E-state index in [4.69, 9.17) is 16.7 Å². The van der Waals surface area contributed by atoms with Crippen LogP contribution in [0.1, 0.15) is 166 Å². The summed E-state index contributed by atoms with van der Waals surface area (Å²) in [5.41, 5.74) is 10.3. The molecule has 12 heterocycles. The molecule has 4 saturated carbocycles. The molecule has 0 aromatic carbocycles. The van der Waals surface area contributed by atoms with E-state index in [1.165, 1.54) is 42.7 Å². The van der Waals surface area contributed by atoms with Crippen molar-refractivity contribution >= 4 is 143 Å².